The summed E-state index contributed by atoms with van der Waals surface area (Å²) in [6, 6.07) is 7.75. The van der Waals surface area contributed by atoms with E-state index in [9.17, 15) is 24.3 Å². The maximum Gasteiger partial charge on any atom is 0.409 e. The topological polar surface area (TPSA) is 156 Å². The summed E-state index contributed by atoms with van der Waals surface area (Å²) < 4.78 is 21.8. The van der Waals surface area contributed by atoms with Crippen LogP contribution >= 0.6 is 0 Å². The predicted molar refractivity (Wildman–Crippen MR) is 159 cm³/mol. The number of carbonyl (C=O) groups excluding carboxylic acids is 3. The van der Waals surface area contributed by atoms with Crippen molar-refractivity contribution in [3.05, 3.63) is 35.9 Å². The van der Waals surface area contributed by atoms with Gasteiger partial charge in [-0.15, -0.1) is 0 Å². The number of alkyl carbamates (subject to hydrolysis) is 1. The number of hydrogen-bond acceptors (Lipinski definition) is 8. The van der Waals surface area contributed by atoms with Crippen LogP contribution < -0.4 is 10.6 Å². The molecule has 3 N–H and O–H groups in total. The average molecular weight is 609 g/mol. The van der Waals surface area contributed by atoms with Crippen LogP contribution in [0.5, 0.6) is 0 Å². The molecular weight excluding hydrogens is 560 g/mol. The summed E-state index contributed by atoms with van der Waals surface area (Å²) in [7, 11) is 1.64. The van der Waals surface area contributed by atoms with Crippen LogP contribution in [0.2, 0.25) is 0 Å². The summed E-state index contributed by atoms with van der Waals surface area (Å²) in [5.74, 6) is -1.15. The van der Waals surface area contributed by atoms with Crippen LogP contribution in [0.25, 0.3) is 0 Å². The van der Waals surface area contributed by atoms with Crippen LogP contribution in [-0.4, -0.2) is 109 Å². The number of amides is 4. The predicted octanol–water partition coefficient (Wildman–Crippen LogP) is 3.61. The van der Waals surface area contributed by atoms with Crippen molar-refractivity contribution >= 4 is 24.2 Å². The largest absolute Gasteiger partial charge is 0.480 e. The summed E-state index contributed by atoms with van der Waals surface area (Å²) >= 11 is 0. The van der Waals surface area contributed by atoms with Crippen molar-refractivity contribution in [3.8, 4) is 0 Å². The van der Waals surface area contributed by atoms with Crippen LogP contribution in [-0.2, 0) is 30.3 Å². The molecule has 0 bridgehead atoms. The SMILES string of the molecule is COC(C)(C)COC(C)(C)CCOC(=O)N1CCN(C(=O)NCCCCC(NC(=O)OCc2ccccc2)C(=O)O)CC1. The van der Waals surface area contributed by atoms with Gasteiger partial charge in [-0.05, 0) is 52.5 Å². The molecule has 0 aliphatic carbocycles. The van der Waals surface area contributed by atoms with Gasteiger partial charge in [0.05, 0.1) is 24.4 Å². The Kier molecular flexibility index (Phi) is 14.5. The number of unbranched alkanes of at least 4 members (excludes halogenated alkanes) is 1. The first-order valence-corrected chi connectivity index (χ1v) is 14.7. The quantitative estimate of drug-likeness (QED) is 0.239. The molecule has 1 aromatic carbocycles. The number of nitrogens with zero attached hydrogens (tertiary/aromatic N) is 2. The van der Waals surface area contributed by atoms with Crippen LogP contribution in [0.4, 0.5) is 14.4 Å². The normalized spacial score (nSPS) is 14.5. The molecule has 1 heterocycles. The monoisotopic (exact) mass is 608 g/mol. The molecule has 1 aliphatic heterocycles. The van der Waals surface area contributed by atoms with E-state index in [1.54, 1.807) is 29.0 Å². The van der Waals surface area contributed by atoms with E-state index in [1.807, 2.05) is 45.9 Å². The van der Waals surface area contributed by atoms with E-state index in [4.69, 9.17) is 18.9 Å². The van der Waals surface area contributed by atoms with Gasteiger partial charge in [-0.2, -0.15) is 0 Å². The highest BCUT2D eigenvalue weighted by Crippen LogP contribution is 2.19. The van der Waals surface area contributed by atoms with E-state index in [0.29, 0.717) is 58.6 Å². The number of ether oxygens (including phenoxy) is 4. The number of aliphatic carboxylic acids is 1. The standard InChI is InChI=1S/C30H48N4O9/c1-29(2,43-22-30(3,4)40-5)14-20-41-28(39)34-18-16-33(17-19-34)26(37)31-15-10-9-13-24(25(35)36)32-27(38)42-21-23-11-7-6-8-12-23/h6-8,11-12,24H,9-10,13-22H2,1-5H3,(H,31,37)(H,32,38)(H,35,36). The summed E-state index contributed by atoms with van der Waals surface area (Å²) in [6.45, 7) is 10.3. The Balaban J connectivity index is 1.59. The number of rotatable bonds is 16. The lowest BCUT2D eigenvalue weighted by atomic mass is 10.0. The average Bonchev–Trinajstić information content (AvgIpc) is 2.98. The number of hydrogen-bond donors (Lipinski definition) is 3. The second-order valence-corrected chi connectivity index (χ2v) is 11.7. The highest BCUT2D eigenvalue weighted by atomic mass is 16.6. The van der Waals surface area contributed by atoms with Gasteiger partial charge in [0, 0.05) is 46.3 Å². The maximum atomic E-state index is 12.5. The lowest BCUT2D eigenvalue weighted by Gasteiger charge is -2.34. The van der Waals surface area contributed by atoms with E-state index in [2.05, 4.69) is 10.6 Å². The minimum Gasteiger partial charge on any atom is -0.480 e. The smallest absolute Gasteiger partial charge is 0.409 e. The summed E-state index contributed by atoms with van der Waals surface area (Å²) in [5, 5.41) is 14.6. The van der Waals surface area contributed by atoms with Gasteiger partial charge in [0.15, 0.2) is 0 Å². The highest BCUT2D eigenvalue weighted by Gasteiger charge is 2.28. The first kappa shape index (κ1) is 35.6. The minimum atomic E-state index is -1.15. The lowest BCUT2D eigenvalue weighted by Crippen LogP contribution is -2.53. The van der Waals surface area contributed by atoms with E-state index >= 15 is 0 Å². The minimum absolute atomic E-state index is 0.0443. The van der Waals surface area contributed by atoms with Gasteiger partial charge in [0.2, 0.25) is 0 Å². The molecule has 13 heteroatoms. The molecular formula is C30H48N4O9. The van der Waals surface area contributed by atoms with Gasteiger partial charge in [0.25, 0.3) is 0 Å². The molecule has 1 saturated heterocycles. The molecule has 0 radical (unpaired) electrons. The van der Waals surface area contributed by atoms with Gasteiger partial charge in [-0.3, -0.25) is 0 Å². The molecule has 2 rings (SSSR count). The first-order valence-electron chi connectivity index (χ1n) is 14.7. The van der Waals surface area contributed by atoms with Crippen molar-refractivity contribution in [1.29, 1.82) is 0 Å². The van der Waals surface area contributed by atoms with Crippen molar-refractivity contribution in [2.24, 2.45) is 0 Å². The second-order valence-electron chi connectivity index (χ2n) is 11.7. The van der Waals surface area contributed by atoms with Crippen molar-refractivity contribution in [2.45, 2.75) is 77.2 Å². The van der Waals surface area contributed by atoms with Crippen molar-refractivity contribution in [2.75, 3.05) is 53.0 Å². The molecule has 4 amide bonds. The molecule has 1 fully saturated rings. The molecule has 43 heavy (non-hydrogen) atoms. The van der Waals surface area contributed by atoms with Gasteiger partial charge in [-0.25, -0.2) is 19.2 Å². The fourth-order valence-corrected chi connectivity index (χ4v) is 4.01. The molecule has 1 aromatic rings. The molecule has 0 aromatic heterocycles. The van der Waals surface area contributed by atoms with Crippen LogP contribution in [0, 0.1) is 0 Å². The van der Waals surface area contributed by atoms with Crippen molar-refractivity contribution in [1.82, 2.24) is 20.4 Å². The van der Waals surface area contributed by atoms with Crippen molar-refractivity contribution in [3.63, 3.8) is 0 Å². The molecule has 0 saturated carbocycles. The number of benzene rings is 1. The number of methoxy groups -OCH3 is 1. The molecule has 242 valence electrons. The fraction of sp³-hybridized carbons (Fsp3) is 0.667. The zero-order valence-electron chi connectivity index (χ0n) is 26.1. The van der Waals surface area contributed by atoms with Crippen LogP contribution in [0.1, 0.15) is 58.9 Å². The number of nitrogens with one attached hydrogen (secondary N) is 2. The van der Waals surface area contributed by atoms with E-state index in [-0.39, 0.29) is 25.7 Å². The molecule has 1 atom stereocenters. The third-order valence-electron chi connectivity index (χ3n) is 7.12. The maximum absolute atomic E-state index is 12.5. The number of carboxylic acid groups (broad SMARTS) is 1. The lowest BCUT2D eigenvalue weighted by molar-refractivity contribution is -0.139. The second kappa shape index (κ2) is 17.5. The summed E-state index contributed by atoms with van der Waals surface area (Å²) in [4.78, 5) is 51.8. The third kappa shape index (κ3) is 14.0. The molecule has 13 nitrogen and oxygen atoms in total. The van der Waals surface area contributed by atoms with Gasteiger partial charge >= 0.3 is 24.2 Å². The summed E-state index contributed by atoms with van der Waals surface area (Å²) in [5.41, 5.74) is -0.0847. The zero-order chi connectivity index (χ0) is 31.9. The Morgan fingerprint density at radius 2 is 1.58 bits per heavy atom. The zero-order valence-corrected chi connectivity index (χ0v) is 26.1. The Labute approximate surface area is 254 Å². The number of carboxylic acids is 1. The van der Waals surface area contributed by atoms with Crippen LogP contribution in [0.3, 0.4) is 0 Å². The third-order valence-corrected chi connectivity index (χ3v) is 7.12. The van der Waals surface area contributed by atoms with Gasteiger partial charge in [0.1, 0.15) is 12.6 Å². The first-order chi connectivity index (χ1) is 20.3. The number of urea groups is 1. The number of carbonyl (C=O) groups is 4. The molecule has 1 aliphatic rings. The van der Waals surface area contributed by atoms with Crippen molar-refractivity contribution < 1.29 is 43.2 Å². The van der Waals surface area contributed by atoms with E-state index < -0.39 is 35.4 Å². The van der Waals surface area contributed by atoms with Crippen LogP contribution in [0.15, 0.2) is 30.3 Å². The van der Waals surface area contributed by atoms with Gasteiger partial charge < -0.3 is 44.5 Å². The van der Waals surface area contributed by atoms with E-state index in [1.165, 1.54) is 0 Å². The Bertz CT molecular complexity index is 1030. The fourth-order valence-electron chi connectivity index (χ4n) is 4.01. The van der Waals surface area contributed by atoms with Gasteiger partial charge in [-0.1, -0.05) is 30.3 Å². The molecule has 0 spiro atoms. The Morgan fingerprint density at radius 1 is 0.930 bits per heavy atom. The van der Waals surface area contributed by atoms with E-state index in [0.717, 1.165) is 5.56 Å². The highest BCUT2D eigenvalue weighted by molar-refractivity contribution is 5.79. The Hall–Kier alpha value is -3.58. The Morgan fingerprint density at radius 3 is 2.21 bits per heavy atom. The summed E-state index contributed by atoms with van der Waals surface area (Å²) in [6.07, 6.45) is 0.516. The molecule has 1 unspecified atom stereocenters. The number of piperazine rings is 1.